The summed E-state index contributed by atoms with van der Waals surface area (Å²) in [4.78, 5) is 12.8. The monoisotopic (exact) mass is 250 g/mol. The zero-order valence-electron chi connectivity index (χ0n) is 10.6. The topological polar surface area (TPSA) is 50.7 Å². The quantitative estimate of drug-likeness (QED) is 0.775. The Hall–Kier alpha value is -2.33. The van der Waals surface area contributed by atoms with E-state index in [1.807, 2.05) is 43.7 Å². The SMILES string of the molecule is CNC(c1cncnc1)c1ccc2ccccc2n1. The number of hydrogen-bond acceptors (Lipinski definition) is 4. The lowest BCUT2D eigenvalue weighted by atomic mass is 10.1. The number of pyridine rings is 1. The van der Waals surface area contributed by atoms with Crippen molar-refractivity contribution in [1.82, 2.24) is 20.3 Å². The van der Waals surface area contributed by atoms with Crippen molar-refractivity contribution in [3.63, 3.8) is 0 Å². The standard InChI is InChI=1S/C15H14N4/c1-16-15(12-8-17-10-18-9-12)14-7-6-11-4-2-3-5-13(11)19-14/h2-10,15-16H,1H3. The molecule has 4 heteroatoms. The van der Waals surface area contributed by atoms with Crippen LogP contribution in [0, 0.1) is 0 Å². The van der Waals surface area contributed by atoms with Crippen LogP contribution in [0.2, 0.25) is 0 Å². The Morgan fingerprint density at radius 3 is 2.58 bits per heavy atom. The summed E-state index contributed by atoms with van der Waals surface area (Å²) in [6.45, 7) is 0. The zero-order valence-corrected chi connectivity index (χ0v) is 10.6. The normalized spacial score (nSPS) is 12.5. The molecule has 0 spiro atoms. The number of benzene rings is 1. The third-order valence-corrected chi connectivity index (χ3v) is 3.12. The highest BCUT2D eigenvalue weighted by molar-refractivity contribution is 5.78. The first-order valence-corrected chi connectivity index (χ1v) is 6.16. The summed E-state index contributed by atoms with van der Waals surface area (Å²) in [6, 6.07) is 12.2. The maximum Gasteiger partial charge on any atom is 0.115 e. The fourth-order valence-corrected chi connectivity index (χ4v) is 2.19. The molecule has 3 aromatic rings. The van der Waals surface area contributed by atoms with Gasteiger partial charge in [-0.3, -0.25) is 4.98 Å². The van der Waals surface area contributed by atoms with Gasteiger partial charge in [0.05, 0.1) is 17.3 Å². The second-order valence-electron chi connectivity index (χ2n) is 4.32. The molecule has 2 heterocycles. The summed E-state index contributed by atoms with van der Waals surface area (Å²) in [7, 11) is 1.91. The van der Waals surface area contributed by atoms with E-state index < -0.39 is 0 Å². The van der Waals surface area contributed by atoms with Crippen molar-refractivity contribution in [2.24, 2.45) is 0 Å². The van der Waals surface area contributed by atoms with E-state index in [9.17, 15) is 0 Å². The first-order chi connectivity index (χ1) is 9.38. The lowest BCUT2D eigenvalue weighted by Gasteiger charge is -2.15. The third-order valence-electron chi connectivity index (χ3n) is 3.12. The lowest BCUT2D eigenvalue weighted by Crippen LogP contribution is -2.19. The number of hydrogen-bond donors (Lipinski definition) is 1. The van der Waals surface area contributed by atoms with Crippen molar-refractivity contribution < 1.29 is 0 Å². The Morgan fingerprint density at radius 2 is 1.79 bits per heavy atom. The average molecular weight is 250 g/mol. The maximum absolute atomic E-state index is 4.70. The van der Waals surface area contributed by atoms with E-state index in [2.05, 4.69) is 27.4 Å². The van der Waals surface area contributed by atoms with Gasteiger partial charge in [-0.2, -0.15) is 0 Å². The number of nitrogens with one attached hydrogen (secondary N) is 1. The van der Waals surface area contributed by atoms with Gasteiger partial charge in [0.15, 0.2) is 0 Å². The number of rotatable bonds is 3. The molecule has 0 radical (unpaired) electrons. The minimum atomic E-state index is 0.00538. The minimum absolute atomic E-state index is 0.00538. The molecule has 1 aromatic carbocycles. The highest BCUT2D eigenvalue weighted by atomic mass is 14.9. The van der Waals surface area contributed by atoms with Crippen LogP contribution in [-0.2, 0) is 0 Å². The number of aromatic nitrogens is 3. The van der Waals surface area contributed by atoms with E-state index >= 15 is 0 Å². The van der Waals surface area contributed by atoms with E-state index in [0.717, 1.165) is 22.2 Å². The molecular formula is C15H14N4. The van der Waals surface area contributed by atoms with Crippen LogP contribution < -0.4 is 5.32 Å². The van der Waals surface area contributed by atoms with E-state index in [4.69, 9.17) is 4.98 Å². The summed E-state index contributed by atoms with van der Waals surface area (Å²) in [5.41, 5.74) is 2.97. The molecule has 1 atom stereocenters. The highest BCUT2D eigenvalue weighted by Crippen LogP contribution is 2.21. The lowest BCUT2D eigenvalue weighted by molar-refractivity contribution is 0.667. The van der Waals surface area contributed by atoms with Gasteiger partial charge in [-0.25, -0.2) is 9.97 Å². The molecule has 94 valence electrons. The van der Waals surface area contributed by atoms with Gasteiger partial charge in [0, 0.05) is 23.3 Å². The van der Waals surface area contributed by atoms with Crippen molar-refractivity contribution in [1.29, 1.82) is 0 Å². The molecule has 19 heavy (non-hydrogen) atoms. The van der Waals surface area contributed by atoms with Gasteiger partial charge < -0.3 is 5.32 Å². The fraction of sp³-hybridized carbons (Fsp3) is 0.133. The highest BCUT2D eigenvalue weighted by Gasteiger charge is 2.14. The molecule has 1 unspecified atom stereocenters. The Labute approximate surface area is 111 Å². The fourth-order valence-electron chi connectivity index (χ4n) is 2.19. The van der Waals surface area contributed by atoms with Crippen LogP contribution in [0.25, 0.3) is 10.9 Å². The molecule has 0 aliphatic carbocycles. The molecule has 0 amide bonds. The summed E-state index contributed by atoms with van der Waals surface area (Å²) in [6.07, 6.45) is 5.15. The van der Waals surface area contributed by atoms with Gasteiger partial charge in [0.25, 0.3) is 0 Å². The largest absolute Gasteiger partial charge is 0.308 e. The third kappa shape index (κ3) is 2.30. The summed E-state index contributed by atoms with van der Waals surface area (Å²) < 4.78 is 0. The molecule has 0 aliphatic rings. The molecule has 0 fully saturated rings. The van der Waals surface area contributed by atoms with Gasteiger partial charge in [-0.1, -0.05) is 24.3 Å². The molecule has 3 rings (SSSR count). The van der Waals surface area contributed by atoms with Crippen molar-refractivity contribution in [3.8, 4) is 0 Å². The number of fused-ring (bicyclic) bond motifs is 1. The average Bonchev–Trinajstić information content (AvgIpc) is 2.49. The van der Waals surface area contributed by atoms with Gasteiger partial charge in [-0.15, -0.1) is 0 Å². The van der Waals surface area contributed by atoms with Crippen LogP contribution in [0.4, 0.5) is 0 Å². The molecule has 4 nitrogen and oxygen atoms in total. The van der Waals surface area contributed by atoms with E-state index in [1.165, 1.54) is 6.33 Å². The Kier molecular flexibility index (Phi) is 3.16. The van der Waals surface area contributed by atoms with E-state index in [-0.39, 0.29) is 6.04 Å². The van der Waals surface area contributed by atoms with Crippen LogP contribution in [0.5, 0.6) is 0 Å². The van der Waals surface area contributed by atoms with Crippen molar-refractivity contribution in [2.75, 3.05) is 7.05 Å². The minimum Gasteiger partial charge on any atom is -0.308 e. The first-order valence-electron chi connectivity index (χ1n) is 6.16. The van der Waals surface area contributed by atoms with Crippen LogP contribution in [0.3, 0.4) is 0 Å². The molecule has 1 N–H and O–H groups in total. The van der Waals surface area contributed by atoms with Gasteiger partial charge in [0.1, 0.15) is 6.33 Å². The van der Waals surface area contributed by atoms with Crippen LogP contribution in [-0.4, -0.2) is 22.0 Å². The van der Waals surface area contributed by atoms with Crippen LogP contribution in [0.1, 0.15) is 17.3 Å². The van der Waals surface area contributed by atoms with Crippen molar-refractivity contribution >= 4 is 10.9 Å². The Bertz CT molecular complexity index is 682. The van der Waals surface area contributed by atoms with Gasteiger partial charge in [0.2, 0.25) is 0 Å². The Morgan fingerprint density at radius 1 is 1.00 bits per heavy atom. The number of nitrogens with zero attached hydrogens (tertiary/aromatic N) is 3. The maximum atomic E-state index is 4.70. The van der Waals surface area contributed by atoms with Gasteiger partial charge >= 0.3 is 0 Å². The molecule has 2 aromatic heterocycles. The van der Waals surface area contributed by atoms with E-state index in [0.29, 0.717) is 0 Å². The molecular weight excluding hydrogens is 236 g/mol. The van der Waals surface area contributed by atoms with Crippen molar-refractivity contribution in [2.45, 2.75) is 6.04 Å². The summed E-state index contributed by atoms with van der Waals surface area (Å²) in [5.74, 6) is 0. The van der Waals surface area contributed by atoms with Gasteiger partial charge in [-0.05, 0) is 19.2 Å². The molecule has 0 bridgehead atoms. The predicted molar refractivity (Wildman–Crippen MR) is 74.7 cm³/mol. The summed E-state index contributed by atoms with van der Waals surface area (Å²) in [5, 5.41) is 4.40. The first kappa shape index (κ1) is 11.7. The smallest absolute Gasteiger partial charge is 0.115 e. The second-order valence-corrected chi connectivity index (χ2v) is 4.32. The molecule has 0 aliphatic heterocycles. The van der Waals surface area contributed by atoms with E-state index in [1.54, 1.807) is 0 Å². The second kappa shape index (κ2) is 5.12. The molecule has 0 saturated heterocycles. The Balaban J connectivity index is 2.06. The number of para-hydroxylation sites is 1. The summed E-state index contributed by atoms with van der Waals surface area (Å²) >= 11 is 0. The zero-order chi connectivity index (χ0) is 13.1. The van der Waals surface area contributed by atoms with Crippen molar-refractivity contribution in [3.05, 3.63) is 66.4 Å². The van der Waals surface area contributed by atoms with Crippen LogP contribution in [0.15, 0.2) is 55.1 Å². The predicted octanol–water partition coefficient (Wildman–Crippen LogP) is 2.33. The molecule has 0 saturated carbocycles. The van der Waals surface area contributed by atoms with Crippen LogP contribution >= 0.6 is 0 Å².